The first kappa shape index (κ1) is 21.4. The molecule has 0 spiro atoms. The van der Waals surface area contributed by atoms with Gasteiger partial charge in [-0.3, -0.25) is 4.79 Å². The monoisotopic (exact) mass is 440 g/mol. The lowest BCUT2D eigenvalue weighted by atomic mass is 9.97. The van der Waals surface area contributed by atoms with Gasteiger partial charge in [0.25, 0.3) is 5.91 Å². The third-order valence-corrected chi connectivity index (χ3v) is 6.16. The summed E-state index contributed by atoms with van der Waals surface area (Å²) in [4.78, 5) is 22.4. The molecule has 1 amide bonds. The van der Waals surface area contributed by atoms with Crippen LogP contribution in [0, 0.1) is 19.7 Å². The predicted octanol–water partition coefficient (Wildman–Crippen LogP) is 4.31. The smallest absolute Gasteiger partial charge is 0.254 e. The fourth-order valence-electron chi connectivity index (χ4n) is 3.33. The van der Waals surface area contributed by atoms with Gasteiger partial charge in [0.2, 0.25) is 0 Å². The lowest BCUT2D eigenvalue weighted by Gasteiger charge is -2.17. The van der Waals surface area contributed by atoms with Crippen LogP contribution in [0.3, 0.4) is 0 Å². The van der Waals surface area contributed by atoms with Crippen molar-refractivity contribution in [2.75, 3.05) is 11.9 Å². The van der Waals surface area contributed by atoms with Crippen molar-refractivity contribution in [1.82, 2.24) is 15.3 Å². The highest BCUT2D eigenvalue weighted by Crippen LogP contribution is 2.36. The number of aromatic nitrogens is 2. The fourth-order valence-corrected chi connectivity index (χ4v) is 4.12. The Morgan fingerprint density at radius 2 is 2.00 bits per heavy atom. The molecule has 0 aliphatic heterocycles. The molecular formula is C23H25FN4O2S. The van der Waals surface area contributed by atoms with Gasteiger partial charge < -0.3 is 15.7 Å². The Kier molecular flexibility index (Phi) is 6.02. The van der Waals surface area contributed by atoms with E-state index in [1.165, 1.54) is 6.07 Å². The number of pyridine rings is 1. The number of nitrogens with one attached hydrogen (secondary N) is 2. The van der Waals surface area contributed by atoms with E-state index in [0.717, 1.165) is 45.0 Å². The van der Waals surface area contributed by atoms with Crippen molar-refractivity contribution in [3.8, 4) is 21.6 Å². The highest BCUT2D eigenvalue weighted by molar-refractivity contribution is 7.15. The molecule has 1 aliphatic rings. The molecule has 0 saturated heterocycles. The van der Waals surface area contributed by atoms with Crippen molar-refractivity contribution < 1.29 is 14.3 Å². The average molecular weight is 441 g/mol. The Morgan fingerprint density at radius 3 is 2.65 bits per heavy atom. The summed E-state index contributed by atoms with van der Waals surface area (Å²) in [6, 6.07) is 4.95. The summed E-state index contributed by atoms with van der Waals surface area (Å²) in [5.41, 5.74) is 3.13. The van der Waals surface area contributed by atoms with Crippen LogP contribution >= 0.6 is 11.3 Å². The van der Waals surface area contributed by atoms with Gasteiger partial charge in [-0.05, 0) is 62.9 Å². The minimum absolute atomic E-state index is 0.0267. The van der Waals surface area contributed by atoms with Crippen LogP contribution in [-0.4, -0.2) is 39.7 Å². The molecular weight excluding hydrogens is 415 g/mol. The molecule has 3 N–H and O–H groups in total. The van der Waals surface area contributed by atoms with E-state index in [-0.39, 0.29) is 30.2 Å². The van der Waals surface area contributed by atoms with Gasteiger partial charge in [-0.15, -0.1) is 11.3 Å². The van der Waals surface area contributed by atoms with E-state index in [1.54, 1.807) is 29.8 Å². The summed E-state index contributed by atoms with van der Waals surface area (Å²) in [5.74, 6) is -0.274. The number of hydrogen-bond acceptors (Lipinski definition) is 6. The SMILES string of the molecule is Cc1ncc(-c2cc(-c3cc(C(=O)NC4CC4)c(F)cc3C)cnc2N[C@@H](C)CO)s1. The van der Waals surface area contributed by atoms with Crippen LogP contribution in [0.25, 0.3) is 21.6 Å². The number of aryl methyl sites for hydroxylation is 2. The zero-order valence-corrected chi connectivity index (χ0v) is 18.5. The molecule has 0 bridgehead atoms. The molecule has 162 valence electrons. The van der Waals surface area contributed by atoms with Crippen LogP contribution < -0.4 is 10.6 Å². The standard InChI is InChI=1S/C23H25FN4O2S/c1-12-6-20(24)18(23(30)28-16-4-5-16)8-17(12)15-7-19(21-10-25-14(3)31-21)22(26-9-15)27-13(2)11-29/h6-10,13,16,29H,4-5,11H2,1-3H3,(H,26,27)(H,28,30)/t13-/m0/s1. The maximum absolute atomic E-state index is 14.5. The number of rotatable bonds is 7. The van der Waals surface area contributed by atoms with E-state index >= 15 is 0 Å². The summed E-state index contributed by atoms with van der Waals surface area (Å²) in [7, 11) is 0. The van der Waals surface area contributed by atoms with Gasteiger partial charge in [-0.1, -0.05) is 0 Å². The minimum Gasteiger partial charge on any atom is -0.394 e. The Labute approximate surface area is 184 Å². The topological polar surface area (TPSA) is 87.1 Å². The second-order valence-corrected chi connectivity index (χ2v) is 9.22. The molecule has 1 atom stereocenters. The van der Waals surface area contributed by atoms with Gasteiger partial charge in [0.1, 0.15) is 11.6 Å². The molecule has 3 aromatic rings. The van der Waals surface area contributed by atoms with E-state index in [2.05, 4.69) is 20.6 Å². The summed E-state index contributed by atoms with van der Waals surface area (Å²) in [5, 5.41) is 16.4. The molecule has 8 heteroatoms. The Hall–Kier alpha value is -2.84. The molecule has 1 saturated carbocycles. The summed E-state index contributed by atoms with van der Waals surface area (Å²) >= 11 is 1.54. The molecule has 1 aromatic carbocycles. The molecule has 2 aromatic heterocycles. The third-order valence-electron chi connectivity index (χ3n) is 5.21. The van der Waals surface area contributed by atoms with Crippen LogP contribution in [0.2, 0.25) is 0 Å². The maximum Gasteiger partial charge on any atom is 0.254 e. The van der Waals surface area contributed by atoms with Gasteiger partial charge in [-0.2, -0.15) is 0 Å². The van der Waals surface area contributed by atoms with Crippen LogP contribution in [0.1, 0.15) is 40.7 Å². The first-order valence-electron chi connectivity index (χ1n) is 10.3. The van der Waals surface area contributed by atoms with Crippen molar-refractivity contribution >= 4 is 23.1 Å². The van der Waals surface area contributed by atoms with Crippen molar-refractivity contribution in [1.29, 1.82) is 0 Å². The normalized spacial score (nSPS) is 14.4. The molecule has 0 unspecified atom stereocenters. The van der Waals surface area contributed by atoms with Gasteiger partial charge in [0, 0.05) is 35.6 Å². The van der Waals surface area contributed by atoms with Crippen LogP contribution in [0.4, 0.5) is 10.2 Å². The zero-order chi connectivity index (χ0) is 22.1. The first-order chi connectivity index (χ1) is 14.9. The summed E-state index contributed by atoms with van der Waals surface area (Å²) in [6.45, 7) is 5.59. The summed E-state index contributed by atoms with van der Waals surface area (Å²) < 4.78 is 14.5. The quantitative estimate of drug-likeness (QED) is 0.510. The lowest BCUT2D eigenvalue weighted by molar-refractivity contribution is 0.0947. The number of aliphatic hydroxyl groups excluding tert-OH is 1. The number of aliphatic hydroxyl groups is 1. The predicted molar refractivity (Wildman–Crippen MR) is 121 cm³/mol. The molecule has 2 heterocycles. The molecule has 31 heavy (non-hydrogen) atoms. The van der Waals surface area contributed by atoms with E-state index in [9.17, 15) is 14.3 Å². The van der Waals surface area contributed by atoms with Gasteiger partial charge in [-0.25, -0.2) is 14.4 Å². The van der Waals surface area contributed by atoms with Crippen LogP contribution in [0.5, 0.6) is 0 Å². The van der Waals surface area contributed by atoms with Gasteiger partial charge in [0.15, 0.2) is 0 Å². The zero-order valence-electron chi connectivity index (χ0n) is 17.7. The molecule has 0 radical (unpaired) electrons. The summed E-state index contributed by atoms with van der Waals surface area (Å²) in [6.07, 6.45) is 5.37. The average Bonchev–Trinajstić information content (AvgIpc) is 3.45. The fraction of sp³-hybridized carbons (Fsp3) is 0.348. The highest BCUT2D eigenvalue weighted by atomic mass is 32.1. The largest absolute Gasteiger partial charge is 0.394 e. The van der Waals surface area contributed by atoms with Crippen LogP contribution in [0.15, 0.2) is 30.6 Å². The number of nitrogens with zero attached hydrogens (tertiary/aromatic N) is 2. The lowest BCUT2D eigenvalue weighted by Crippen LogP contribution is -2.26. The van der Waals surface area contributed by atoms with E-state index < -0.39 is 5.82 Å². The first-order valence-corrected chi connectivity index (χ1v) is 11.1. The van der Waals surface area contributed by atoms with Gasteiger partial charge in [0.05, 0.1) is 22.1 Å². The minimum atomic E-state index is -0.527. The van der Waals surface area contributed by atoms with Crippen molar-refractivity contribution in [3.05, 3.63) is 52.5 Å². The van der Waals surface area contributed by atoms with Gasteiger partial charge >= 0.3 is 0 Å². The Morgan fingerprint density at radius 1 is 1.23 bits per heavy atom. The number of thiazole rings is 1. The second kappa shape index (κ2) is 8.72. The number of amides is 1. The Balaban J connectivity index is 1.77. The molecule has 4 rings (SSSR count). The number of anilines is 1. The van der Waals surface area contributed by atoms with Crippen molar-refractivity contribution in [2.24, 2.45) is 0 Å². The van der Waals surface area contributed by atoms with Crippen molar-refractivity contribution in [3.63, 3.8) is 0 Å². The number of halogens is 1. The van der Waals surface area contributed by atoms with Crippen molar-refractivity contribution in [2.45, 2.75) is 45.7 Å². The van der Waals surface area contributed by atoms with Crippen LogP contribution in [-0.2, 0) is 0 Å². The number of carbonyl (C=O) groups is 1. The second-order valence-electron chi connectivity index (χ2n) is 7.99. The molecule has 1 aliphatic carbocycles. The highest BCUT2D eigenvalue weighted by Gasteiger charge is 2.26. The maximum atomic E-state index is 14.5. The molecule has 1 fully saturated rings. The number of carbonyl (C=O) groups excluding carboxylic acids is 1. The third kappa shape index (κ3) is 4.75. The Bertz CT molecular complexity index is 1130. The van der Waals surface area contributed by atoms with E-state index in [4.69, 9.17) is 0 Å². The van der Waals surface area contributed by atoms with E-state index in [1.807, 2.05) is 26.8 Å². The number of hydrogen-bond donors (Lipinski definition) is 3. The molecule has 6 nitrogen and oxygen atoms in total. The number of benzene rings is 1. The van der Waals surface area contributed by atoms with E-state index in [0.29, 0.717) is 5.82 Å².